The lowest BCUT2D eigenvalue weighted by Crippen LogP contribution is -2.29. The fraction of sp³-hybridized carbons (Fsp3) is 0.156. The highest BCUT2D eigenvalue weighted by molar-refractivity contribution is 6.30. The first-order chi connectivity index (χ1) is 21.3. The Balaban J connectivity index is 1.45. The number of anilines is 4. The Morgan fingerprint density at radius 3 is 2.57 bits per heavy atom. The Labute approximate surface area is 260 Å². The number of carbonyl (C=O) groups is 1. The van der Waals surface area contributed by atoms with Gasteiger partial charge in [0, 0.05) is 34.7 Å². The number of carbonyl (C=O) groups excluding carboxylic acids is 1. The maximum Gasteiger partial charge on any atom is 0.248 e. The first-order valence-corrected chi connectivity index (χ1v) is 14.0. The van der Waals surface area contributed by atoms with Crippen LogP contribution in [0, 0.1) is 0 Å². The molecular weight excluding hydrogens is 580 g/mol. The fourth-order valence-electron chi connectivity index (χ4n) is 4.36. The maximum absolute atomic E-state index is 12.4. The van der Waals surface area contributed by atoms with Gasteiger partial charge in [-0.25, -0.2) is 15.0 Å². The van der Waals surface area contributed by atoms with E-state index in [1.165, 1.54) is 12.6 Å². The monoisotopic (exact) mass is 610 g/mol. The molecule has 0 radical (unpaired) electrons. The molecule has 1 amide bonds. The van der Waals surface area contributed by atoms with Gasteiger partial charge < -0.3 is 25.1 Å². The Morgan fingerprint density at radius 1 is 1.02 bits per heavy atom. The van der Waals surface area contributed by atoms with Crippen molar-refractivity contribution in [3.8, 4) is 17.2 Å². The molecule has 0 aliphatic carbocycles. The summed E-state index contributed by atoms with van der Waals surface area (Å²) in [6.45, 7) is 4.75. The van der Waals surface area contributed by atoms with Crippen molar-refractivity contribution in [2.24, 2.45) is 0 Å². The van der Waals surface area contributed by atoms with Crippen LogP contribution in [0.15, 0.2) is 102 Å². The lowest BCUT2D eigenvalue weighted by atomic mass is 10.2. The number of nitrogens with two attached hydrogens (primary N) is 1. The van der Waals surface area contributed by atoms with Gasteiger partial charge in [-0.15, -0.1) is 0 Å². The van der Waals surface area contributed by atoms with Gasteiger partial charge >= 0.3 is 0 Å². The molecule has 5 aromatic rings. The minimum atomic E-state index is -0.272. The summed E-state index contributed by atoms with van der Waals surface area (Å²) in [5.74, 6) is 1.16. The zero-order chi connectivity index (χ0) is 31.1. The maximum atomic E-state index is 12.4. The lowest BCUT2D eigenvalue weighted by molar-refractivity contribution is -0.117. The molecule has 0 saturated carbocycles. The average molecular weight is 611 g/mol. The summed E-state index contributed by atoms with van der Waals surface area (Å²) in [6, 6.07) is 20.5. The van der Waals surface area contributed by atoms with Gasteiger partial charge in [0.25, 0.3) is 0 Å². The molecule has 44 heavy (non-hydrogen) atoms. The Hall–Kier alpha value is -5.26. The molecule has 224 valence electrons. The van der Waals surface area contributed by atoms with Crippen molar-refractivity contribution < 1.29 is 13.9 Å². The van der Waals surface area contributed by atoms with Crippen molar-refractivity contribution in [1.82, 2.24) is 30.2 Å². The summed E-state index contributed by atoms with van der Waals surface area (Å²) in [6.07, 6.45) is 4.56. The number of nitrogen functional groups attached to an aromatic ring is 1. The van der Waals surface area contributed by atoms with Crippen molar-refractivity contribution in [3.05, 3.63) is 114 Å². The van der Waals surface area contributed by atoms with Crippen LogP contribution in [0.3, 0.4) is 0 Å². The van der Waals surface area contributed by atoms with Crippen LogP contribution in [0.25, 0.3) is 11.5 Å². The quantitative estimate of drug-likeness (QED) is 0.173. The molecule has 0 aliphatic rings. The van der Waals surface area contributed by atoms with Crippen molar-refractivity contribution in [1.29, 1.82) is 0 Å². The molecule has 0 saturated heterocycles. The van der Waals surface area contributed by atoms with Gasteiger partial charge in [0.1, 0.15) is 36.3 Å². The van der Waals surface area contributed by atoms with Gasteiger partial charge in [-0.2, -0.15) is 0 Å². The molecule has 3 N–H and O–H groups in total. The van der Waals surface area contributed by atoms with E-state index in [9.17, 15) is 4.79 Å². The van der Waals surface area contributed by atoms with Crippen LogP contribution in [0.1, 0.15) is 11.4 Å². The molecular formula is C32H31ClN8O3. The number of nitrogens with zero attached hydrogens (tertiary/aromatic N) is 6. The first-order valence-electron chi connectivity index (χ1n) is 13.6. The number of hydrogen-bond donors (Lipinski definition) is 2. The number of likely N-dealkylation sites (N-methyl/N-ethyl adjacent to an activating group) is 1. The number of amides is 1. The van der Waals surface area contributed by atoms with Gasteiger partial charge in [-0.1, -0.05) is 30.3 Å². The predicted octanol–water partition coefficient (Wildman–Crippen LogP) is 5.55. The van der Waals surface area contributed by atoms with Crippen molar-refractivity contribution in [2.75, 3.05) is 31.3 Å². The Morgan fingerprint density at radius 2 is 1.84 bits per heavy atom. The molecule has 0 spiro atoms. The van der Waals surface area contributed by atoms with Crippen LogP contribution in [0.2, 0.25) is 5.02 Å². The summed E-state index contributed by atoms with van der Waals surface area (Å²) in [5, 5.41) is 3.35. The van der Waals surface area contributed by atoms with E-state index in [2.05, 4.69) is 31.8 Å². The van der Waals surface area contributed by atoms with Gasteiger partial charge in [0.2, 0.25) is 11.8 Å². The first kappa shape index (κ1) is 30.2. The number of ether oxygens (including phenoxy) is 1. The highest BCUT2D eigenvalue weighted by Gasteiger charge is 2.25. The third kappa shape index (κ3) is 7.38. The largest absolute Gasteiger partial charge is 0.487 e. The molecule has 0 atom stereocenters. The molecule has 3 aromatic heterocycles. The van der Waals surface area contributed by atoms with E-state index in [-0.39, 0.29) is 24.2 Å². The highest BCUT2D eigenvalue weighted by atomic mass is 35.5. The molecule has 5 rings (SSSR count). The van der Waals surface area contributed by atoms with Crippen LogP contribution < -0.4 is 20.7 Å². The second kappa shape index (κ2) is 13.8. The SMILES string of the molecule is C=C(CN(C)C)C(=O)NCc1coc(-c2c(N)ncnc2N(c2ccc(OCc3ccccn3)cc2)c2cccc(Cl)c2)n1. The van der Waals surface area contributed by atoms with Gasteiger partial charge in [-0.3, -0.25) is 14.7 Å². The van der Waals surface area contributed by atoms with Crippen LogP contribution in [-0.2, 0) is 17.9 Å². The summed E-state index contributed by atoms with van der Waals surface area (Å²) < 4.78 is 11.8. The number of rotatable bonds is 12. The van der Waals surface area contributed by atoms with Crippen LogP contribution >= 0.6 is 11.6 Å². The van der Waals surface area contributed by atoms with E-state index in [0.717, 1.165) is 17.1 Å². The number of pyridine rings is 1. The predicted molar refractivity (Wildman–Crippen MR) is 170 cm³/mol. The van der Waals surface area contributed by atoms with Crippen LogP contribution in [0.5, 0.6) is 5.75 Å². The third-order valence-electron chi connectivity index (χ3n) is 6.37. The summed E-state index contributed by atoms with van der Waals surface area (Å²) in [5.41, 5.74) is 9.98. The van der Waals surface area contributed by atoms with Gasteiger partial charge in [0.15, 0.2) is 5.82 Å². The number of aromatic nitrogens is 4. The molecule has 3 heterocycles. The molecule has 0 aliphatic heterocycles. The number of hydrogen-bond acceptors (Lipinski definition) is 10. The standard InChI is InChI=1S/C32H31ClN8O3/c1-21(17-40(2)3)31(42)36-16-24-19-44-32(39-24)28-29(34)37-20-38-30(28)41(26-9-6-7-22(33)15-26)25-10-12-27(13-11-25)43-18-23-8-4-5-14-35-23/h4-15,19-20H,1,16-18H2,2-3H3,(H,36,42)(H2,34,37,38). The van der Waals surface area contributed by atoms with Gasteiger partial charge in [0.05, 0.1) is 17.9 Å². The molecule has 11 nitrogen and oxygen atoms in total. The Kier molecular flexibility index (Phi) is 9.48. The number of nitrogens with one attached hydrogen (secondary N) is 1. The van der Waals surface area contributed by atoms with E-state index in [4.69, 9.17) is 26.5 Å². The molecule has 0 unspecified atom stereocenters. The zero-order valence-electron chi connectivity index (χ0n) is 24.3. The Bertz CT molecular complexity index is 1740. The lowest BCUT2D eigenvalue weighted by Gasteiger charge is -2.26. The second-order valence-corrected chi connectivity index (χ2v) is 10.5. The van der Waals surface area contributed by atoms with E-state index in [1.54, 1.807) is 12.3 Å². The average Bonchev–Trinajstić information content (AvgIpc) is 3.48. The summed E-state index contributed by atoms with van der Waals surface area (Å²) in [7, 11) is 3.73. The van der Waals surface area contributed by atoms with Crippen molar-refractivity contribution >= 4 is 40.5 Å². The van der Waals surface area contributed by atoms with E-state index < -0.39 is 0 Å². The number of halogens is 1. The minimum absolute atomic E-state index is 0.135. The summed E-state index contributed by atoms with van der Waals surface area (Å²) in [4.78, 5) is 33.9. The number of benzene rings is 2. The highest BCUT2D eigenvalue weighted by Crippen LogP contribution is 2.41. The molecule has 0 bridgehead atoms. The molecule has 0 fully saturated rings. The van der Waals surface area contributed by atoms with Crippen molar-refractivity contribution in [3.63, 3.8) is 0 Å². The third-order valence-corrected chi connectivity index (χ3v) is 6.60. The number of oxazole rings is 1. The fourth-order valence-corrected chi connectivity index (χ4v) is 4.54. The van der Waals surface area contributed by atoms with Gasteiger partial charge in [-0.05, 0) is 68.7 Å². The normalized spacial score (nSPS) is 10.9. The summed E-state index contributed by atoms with van der Waals surface area (Å²) >= 11 is 6.41. The topological polar surface area (TPSA) is 136 Å². The van der Waals surface area contributed by atoms with E-state index >= 15 is 0 Å². The molecule has 2 aromatic carbocycles. The molecule has 12 heteroatoms. The van der Waals surface area contributed by atoms with E-state index in [1.807, 2.05) is 84.6 Å². The zero-order valence-corrected chi connectivity index (χ0v) is 25.0. The van der Waals surface area contributed by atoms with E-state index in [0.29, 0.717) is 46.6 Å². The second-order valence-electron chi connectivity index (χ2n) is 10.0. The van der Waals surface area contributed by atoms with Crippen LogP contribution in [-0.4, -0.2) is 51.4 Å². The smallest absolute Gasteiger partial charge is 0.248 e. The van der Waals surface area contributed by atoms with Crippen LogP contribution in [0.4, 0.5) is 23.0 Å². The minimum Gasteiger partial charge on any atom is -0.487 e. The van der Waals surface area contributed by atoms with Crippen molar-refractivity contribution in [2.45, 2.75) is 13.2 Å².